The van der Waals surface area contributed by atoms with Gasteiger partial charge in [-0.05, 0) is 66.5 Å². The summed E-state index contributed by atoms with van der Waals surface area (Å²) in [7, 11) is 0. The molecule has 1 atom stereocenters. The van der Waals surface area contributed by atoms with Crippen molar-refractivity contribution < 1.29 is 14.3 Å². The smallest absolute Gasteiger partial charge is 0.277 e. The number of aromatic nitrogens is 7. The van der Waals surface area contributed by atoms with E-state index in [1.165, 1.54) is 0 Å². The minimum atomic E-state index is -0.448. The number of nitrogens with zero attached hydrogens (tertiary/aromatic N) is 8. The molecular formula is C36H43ClN8O3. The second-order valence-corrected chi connectivity index (χ2v) is 11.9. The van der Waals surface area contributed by atoms with Crippen molar-refractivity contribution >= 4 is 17.4 Å². The number of unbranched alkanes of at least 4 members (excludes halogenated alkanes) is 1. The summed E-state index contributed by atoms with van der Waals surface area (Å²) < 4.78 is 10.0. The van der Waals surface area contributed by atoms with Crippen molar-refractivity contribution in [2.75, 3.05) is 19.7 Å². The first-order valence-electron chi connectivity index (χ1n) is 16.6. The molecule has 0 spiro atoms. The molecule has 3 heterocycles. The highest BCUT2D eigenvalue weighted by atomic mass is 35.5. The Kier molecular flexibility index (Phi) is 11.7. The Morgan fingerprint density at radius 2 is 1.73 bits per heavy atom. The minimum Gasteiger partial charge on any atom is -0.618 e. The number of ketones is 1. The highest BCUT2D eigenvalue weighted by Crippen LogP contribution is 2.32. The Morgan fingerprint density at radius 1 is 1.00 bits per heavy atom. The van der Waals surface area contributed by atoms with Crippen molar-refractivity contribution in [2.24, 2.45) is 0 Å². The van der Waals surface area contributed by atoms with E-state index >= 15 is 0 Å². The van der Waals surface area contributed by atoms with Gasteiger partial charge in [0.25, 0.3) is 11.5 Å². The van der Waals surface area contributed by atoms with Gasteiger partial charge in [0.15, 0.2) is 17.2 Å². The van der Waals surface area contributed by atoms with Gasteiger partial charge in [0, 0.05) is 37.3 Å². The van der Waals surface area contributed by atoms with E-state index in [9.17, 15) is 10.0 Å². The monoisotopic (exact) mass is 670 g/mol. The molecule has 0 radical (unpaired) electrons. The van der Waals surface area contributed by atoms with E-state index in [0.717, 1.165) is 52.9 Å². The number of hydrogen-bond donors (Lipinski definition) is 0. The second-order valence-electron chi connectivity index (χ2n) is 11.6. The van der Waals surface area contributed by atoms with Crippen molar-refractivity contribution in [3.8, 4) is 22.5 Å². The molecule has 0 aliphatic carbocycles. The number of pyridine rings is 1. The number of carbonyl (C=O) groups excluding carboxylic acids is 1. The molecule has 12 heteroatoms. The third kappa shape index (κ3) is 7.48. The normalized spacial score (nSPS) is 12.1. The van der Waals surface area contributed by atoms with E-state index in [1.54, 1.807) is 22.9 Å². The van der Waals surface area contributed by atoms with Crippen molar-refractivity contribution in [2.45, 2.75) is 73.2 Å². The van der Waals surface area contributed by atoms with Gasteiger partial charge in [-0.3, -0.25) is 9.69 Å². The van der Waals surface area contributed by atoms with Crippen LogP contribution in [0.1, 0.15) is 87.0 Å². The number of halogens is 1. The fourth-order valence-corrected chi connectivity index (χ4v) is 6.12. The molecule has 252 valence electrons. The summed E-state index contributed by atoms with van der Waals surface area (Å²) in [5, 5.41) is 26.0. The predicted octanol–water partition coefficient (Wildman–Crippen LogP) is 6.51. The van der Waals surface area contributed by atoms with Gasteiger partial charge in [-0.2, -0.15) is 9.41 Å². The van der Waals surface area contributed by atoms with Crippen LogP contribution >= 0.6 is 11.6 Å². The lowest BCUT2D eigenvalue weighted by atomic mass is 9.98. The number of carbonyl (C=O) groups is 1. The Bertz CT molecular complexity index is 1830. The summed E-state index contributed by atoms with van der Waals surface area (Å²) >= 11 is 6.69. The highest BCUT2D eigenvalue weighted by molar-refractivity contribution is 6.33. The average molecular weight is 671 g/mol. The van der Waals surface area contributed by atoms with Crippen LogP contribution in [-0.2, 0) is 24.2 Å². The quantitative estimate of drug-likeness (QED) is 0.0663. The summed E-state index contributed by atoms with van der Waals surface area (Å²) in [4.78, 5) is 20.8. The van der Waals surface area contributed by atoms with E-state index < -0.39 is 5.78 Å². The van der Waals surface area contributed by atoms with E-state index in [4.69, 9.17) is 16.3 Å². The van der Waals surface area contributed by atoms with Crippen LogP contribution in [-0.4, -0.2) is 60.1 Å². The lowest BCUT2D eigenvalue weighted by Gasteiger charge is -2.18. The van der Waals surface area contributed by atoms with Gasteiger partial charge in [-0.15, -0.1) is 5.10 Å². The molecule has 0 bridgehead atoms. The van der Waals surface area contributed by atoms with Crippen LogP contribution in [0.25, 0.3) is 22.5 Å². The first-order chi connectivity index (χ1) is 23.3. The van der Waals surface area contributed by atoms with Crippen molar-refractivity contribution in [3.63, 3.8) is 0 Å². The molecule has 3 aromatic heterocycles. The molecule has 1 unspecified atom stereocenters. The third-order valence-electron chi connectivity index (χ3n) is 8.53. The maximum Gasteiger partial charge on any atom is 0.277 e. The molecule has 48 heavy (non-hydrogen) atoms. The second kappa shape index (κ2) is 16.1. The highest BCUT2D eigenvalue weighted by Gasteiger charge is 2.29. The molecule has 0 fully saturated rings. The number of aryl methyl sites for hydroxylation is 1. The van der Waals surface area contributed by atoms with Gasteiger partial charge < -0.3 is 14.5 Å². The Labute approximate surface area is 286 Å². The molecule has 0 amide bonds. The predicted molar refractivity (Wildman–Crippen MR) is 185 cm³/mol. The van der Waals surface area contributed by atoms with Gasteiger partial charge in [-0.1, -0.05) is 87.3 Å². The van der Waals surface area contributed by atoms with E-state index in [1.807, 2.05) is 80.8 Å². The van der Waals surface area contributed by atoms with Gasteiger partial charge in [0.1, 0.15) is 11.5 Å². The van der Waals surface area contributed by atoms with Gasteiger partial charge in [0.05, 0.1) is 6.54 Å². The lowest BCUT2D eigenvalue weighted by Crippen LogP contribution is -2.42. The van der Waals surface area contributed by atoms with Crippen molar-refractivity contribution in [1.82, 2.24) is 34.7 Å². The number of benzene rings is 2. The summed E-state index contributed by atoms with van der Waals surface area (Å²) in [6, 6.07) is 21.2. The zero-order valence-corrected chi connectivity index (χ0v) is 29.0. The molecule has 11 nitrogen and oxygen atoms in total. The van der Waals surface area contributed by atoms with Gasteiger partial charge in [-0.25, -0.2) is 4.98 Å². The van der Waals surface area contributed by atoms with E-state index in [0.29, 0.717) is 43.5 Å². The Morgan fingerprint density at radius 3 is 2.42 bits per heavy atom. The zero-order valence-electron chi connectivity index (χ0n) is 28.3. The van der Waals surface area contributed by atoms with Crippen molar-refractivity contribution in [1.29, 1.82) is 0 Å². The summed E-state index contributed by atoms with van der Waals surface area (Å²) in [6.45, 7) is 13.0. The van der Waals surface area contributed by atoms with Crippen LogP contribution in [0.15, 0.2) is 66.7 Å². The van der Waals surface area contributed by atoms with Crippen molar-refractivity contribution in [3.05, 3.63) is 106 Å². The number of rotatable bonds is 16. The van der Waals surface area contributed by atoms with Crippen LogP contribution < -0.4 is 4.73 Å². The first kappa shape index (κ1) is 34.9. The first-order valence-corrected chi connectivity index (χ1v) is 17.0. The number of hydrogen-bond acceptors (Lipinski definition) is 8. The standard InChI is InChI=1S/C36H43ClN8O3/c1-6-10-18-32-38-35(37)33(34(46)31-17-13-14-28(45(31)47)24-42(7-2)8-3)43(32)23-26-19-21-27(22-20-26)29-15-11-12-16-30(29)36-39-40-41-44(36)25(5)48-9-4/h11-17,19-22,25H,6-10,18,23-24H2,1-5H3. The maximum atomic E-state index is 14.1. The van der Waals surface area contributed by atoms with E-state index in [-0.39, 0.29) is 22.8 Å². The number of ether oxygens (including phenoxy) is 1. The summed E-state index contributed by atoms with van der Waals surface area (Å²) in [6.07, 6.45) is 2.18. The average Bonchev–Trinajstić information content (AvgIpc) is 3.71. The fraction of sp³-hybridized carbons (Fsp3) is 0.389. The Hall–Kier alpha value is -4.45. The molecule has 5 aromatic rings. The largest absolute Gasteiger partial charge is 0.618 e. The molecule has 5 rings (SSSR count). The van der Waals surface area contributed by atoms with Crippen LogP contribution in [0.5, 0.6) is 0 Å². The number of imidazole rings is 1. The van der Waals surface area contributed by atoms with Crippen LogP contribution in [0.2, 0.25) is 5.15 Å². The zero-order chi connectivity index (χ0) is 34.2. The van der Waals surface area contributed by atoms with Crippen LogP contribution in [0.3, 0.4) is 0 Å². The summed E-state index contributed by atoms with van der Waals surface area (Å²) in [5.74, 6) is 0.881. The van der Waals surface area contributed by atoms with Crippen LogP contribution in [0.4, 0.5) is 0 Å². The fourth-order valence-electron chi connectivity index (χ4n) is 5.83. The molecule has 0 N–H and O–H groups in total. The molecule has 0 saturated heterocycles. The van der Waals surface area contributed by atoms with Gasteiger partial charge in [0.2, 0.25) is 5.69 Å². The van der Waals surface area contributed by atoms with E-state index in [2.05, 4.69) is 32.3 Å². The van der Waals surface area contributed by atoms with Crippen LogP contribution in [0, 0.1) is 5.21 Å². The topological polar surface area (TPSA) is 118 Å². The SMILES string of the molecule is CCCCc1nc(Cl)c(C(=O)c2cccc(CN(CC)CC)[n+]2[O-])n1Cc1ccc(-c2ccccc2-c2nnnn2C(C)OCC)cc1. The third-order valence-corrected chi connectivity index (χ3v) is 8.79. The molecule has 2 aromatic carbocycles. The molecular weight excluding hydrogens is 628 g/mol. The summed E-state index contributed by atoms with van der Waals surface area (Å²) in [5.41, 5.74) is 4.55. The number of tetrazole rings is 1. The minimum absolute atomic E-state index is 0.0256. The maximum absolute atomic E-state index is 14.1. The lowest BCUT2D eigenvalue weighted by molar-refractivity contribution is -0.617. The molecule has 0 aliphatic heterocycles. The molecule has 0 saturated carbocycles. The van der Waals surface area contributed by atoms with Gasteiger partial charge >= 0.3 is 0 Å². The Balaban J connectivity index is 1.48. The molecule has 0 aliphatic rings.